The second-order valence-corrected chi connectivity index (χ2v) is 5.92. The van der Waals surface area contributed by atoms with Crippen LogP contribution in [0.2, 0.25) is 0 Å². The van der Waals surface area contributed by atoms with Crippen molar-refractivity contribution < 1.29 is 4.79 Å². The first-order valence-corrected chi connectivity index (χ1v) is 7.68. The number of hydrogen-bond acceptors (Lipinski definition) is 2. The highest BCUT2D eigenvalue weighted by atomic mass is 16.2. The number of piperidine rings is 1. The maximum atomic E-state index is 12.2. The van der Waals surface area contributed by atoms with Gasteiger partial charge in [0.1, 0.15) is 0 Å². The zero-order valence-electron chi connectivity index (χ0n) is 12.6. The third-order valence-electron chi connectivity index (χ3n) is 4.23. The first-order valence-electron chi connectivity index (χ1n) is 7.68. The van der Waals surface area contributed by atoms with Crippen molar-refractivity contribution in [3.05, 3.63) is 35.9 Å². The largest absolute Gasteiger partial charge is 0.342 e. The summed E-state index contributed by atoms with van der Waals surface area (Å²) in [6, 6.07) is 10.7. The van der Waals surface area contributed by atoms with Gasteiger partial charge in [0.2, 0.25) is 5.91 Å². The van der Waals surface area contributed by atoms with Gasteiger partial charge in [-0.25, -0.2) is 0 Å². The molecule has 1 saturated heterocycles. The Hall–Kier alpha value is -1.35. The van der Waals surface area contributed by atoms with Gasteiger partial charge in [-0.15, -0.1) is 0 Å². The Labute approximate surface area is 122 Å². The average Bonchev–Trinajstić information content (AvgIpc) is 2.48. The number of nitrogens with zero attached hydrogens (tertiary/aromatic N) is 1. The highest BCUT2D eigenvalue weighted by molar-refractivity contribution is 5.78. The molecule has 1 aromatic carbocycles. The van der Waals surface area contributed by atoms with Crippen molar-refractivity contribution in [2.24, 2.45) is 11.8 Å². The topological polar surface area (TPSA) is 32.3 Å². The van der Waals surface area contributed by atoms with Crippen LogP contribution in [0.4, 0.5) is 0 Å². The number of nitrogens with one attached hydrogen (secondary N) is 1. The van der Waals surface area contributed by atoms with E-state index in [-0.39, 0.29) is 5.92 Å². The molecule has 1 fully saturated rings. The van der Waals surface area contributed by atoms with Gasteiger partial charge in [-0.1, -0.05) is 37.3 Å². The molecule has 3 nitrogen and oxygen atoms in total. The fourth-order valence-electron chi connectivity index (χ4n) is 3.01. The quantitative estimate of drug-likeness (QED) is 0.893. The SMILES string of the molecule is CNCC(C)C(=O)N1CCC(Cc2ccccc2)CC1. The third kappa shape index (κ3) is 4.07. The van der Waals surface area contributed by atoms with E-state index >= 15 is 0 Å². The van der Waals surface area contributed by atoms with E-state index in [0.29, 0.717) is 5.91 Å². The van der Waals surface area contributed by atoms with Crippen LogP contribution in [0.5, 0.6) is 0 Å². The van der Waals surface area contributed by atoms with Crippen LogP contribution in [0.25, 0.3) is 0 Å². The van der Waals surface area contributed by atoms with Crippen molar-refractivity contribution in [3.8, 4) is 0 Å². The van der Waals surface area contributed by atoms with Gasteiger partial charge in [-0.2, -0.15) is 0 Å². The van der Waals surface area contributed by atoms with Crippen LogP contribution < -0.4 is 5.32 Å². The predicted molar refractivity (Wildman–Crippen MR) is 82.5 cm³/mol. The molecule has 1 amide bonds. The second kappa shape index (κ2) is 7.44. The van der Waals surface area contributed by atoms with Crippen LogP contribution in [0, 0.1) is 11.8 Å². The first-order chi connectivity index (χ1) is 9.70. The molecular formula is C17H26N2O. The van der Waals surface area contributed by atoms with Crippen LogP contribution in [-0.2, 0) is 11.2 Å². The number of benzene rings is 1. The molecule has 1 atom stereocenters. The Balaban J connectivity index is 1.79. The lowest BCUT2D eigenvalue weighted by atomic mass is 9.90. The molecule has 0 aromatic heterocycles. The van der Waals surface area contributed by atoms with Gasteiger partial charge in [0.25, 0.3) is 0 Å². The fraction of sp³-hybridized carbons (Fsp3) is 0.588. The van der Waals surface area contributed by atoms with Gasteiger partial charge < -0.3 is 10.2 Å². The van der Waals surface area contributed by atoms with E-state index in [1.54, 1.807) is 0 Å². The molecule has 110 valence electrons. The third-order valence-corrected chi connectivity index (χ3v) is 4.23. The van der Waals surface area contributed by atoms with Crippen LogP contribution in [-0.4, -0.2) is 37.5 Å². The summed E-state index contributed by atoms with van der Waals surface area (Å²) in [4.78, 5) is 14.3. The van der Waals surface area contributed by atoms with Gasteiger partial charge in [0.15, 0.2) is 0 Å². The van der Waals surface area contributed by atoms with Crippen LogP contribution in [0.3, 0.4) is 0 Å². The van der Waals surface area contributed by atoms with Gasteiger partial charge in [0.05, 0.1) is 0 Å². The monoisotopic (exact) mass is 274 g/mol. The van der Waals surface area contributed by atoms with E-state index in [1.165, 1.54) is 5.56 Å². The number of carbonyl (C=O) groups excluding carboxylic acids is 1. The zero-order chi connectivity index (χ0) is 14.4. The summed E-state index contributed by atoms with van der Waals surface area (Å²) in [6.07, 6.45) is 3.41. The lowest BCUT2D eigenvalue weighted by Crippen LogP contribution is -2.43. The lowest BCUT2D eigenvalue weighted by Gasteiger charge is -2.33. The summed E-state index contributed by atoms with van der Waals surface area (Å²) >= 11 is 0. The van der Waals surface area contributed by atoms with Gasteiger partial charge in [-0.3, -0.25) is 4.79 Å². The van der Waals surface area contributed by atoms with Gasteiger partial charge in [0, 0.05) is 25.6 Å². The van der Waals surface area contributed by atoms with E-state index in [2.05, 4.69) is 35.6 Å². The van der Waals surface area contributed by atoms with Crippen LogP contribution in [0.1, 0.15) is 25.3 Å². The number of rotatable bonds is 5. The van der Waals surface area contributed by atoms with E-state index < -0.39 is 0 Å². The highest BCUT2D eigenvalue weighted by Crippen LogP contribution is 2.22. The second-order valence-electron chi connectivity index (χ2n) is 5.92. The Morgan fingerprint density at radius 1 is 1.30 bits per heavy atom. The summed E-state index contributed by atoms with van der Waals surface area (Å²) in [5, 5.41) is 3.08. The maximum absolute atomic E-state index is 12.2. The number of likely N-dealkylation sites (tertiary alicyclic amines) is 1. The molecule has 1 N–H and O–H groups in total. The van der Waals surface area contributed by atoms with Crippen molar-refractivity contribution in [2.75, 3.05) is 26.7 Å². The fourth-order valence-corrected chi connectivity index (χ4v) is 3.01. The Kier molecular flexibility index (Phi) is 5.60. The van der Waals surface area contributed by atoms with E-state index in [9.17, 15) is 4.79 Å². The standard InChI is InChI=1S/C17H26N2O/c1-14(13-18-2)17(20)19-10-8-16(9-11-19)12-15-6-4-3-5-7-15/h3-7,14,16,18H,8-13H2,1-2H3. The highest BCUT2D eigenvalue weighted by Gasteiger charge is 2.25. The first kappa shape index (κ1) is 15.0. The average molecular weight is 274 g/mol. The number of hydrogen-bond donors (Lipinski definition) is 1. The van der Waals surface area contributed by atoms with Crippen molar-refractivity contribution in [2.45, 2.75) is 26.2 Å². The molecule has 1 aromatic rings. The minimum Gasteiger partial charge on any atom is -0.342 e. The summed E-state index contributed by atoms with van der Waals surface area (Å²) in [7, 11) is 1.90. The molecule has 1 aliphatic rings. The molecule has 0 saturated carbocycles. The molecule has 2 rings (SSSR count). The molecule has 1 aliphatic heterocycles. The lowest BCUT2D eigenvalue weighted by molar-refractivity contribution is -0.136. The summed E-state index contributed by atoms with van der Waals surface area (Å²) in [5.74, 6) is 1.12. The van der Waals surface area contributed by atoms with E-state index in [1.807, 2.05) is 18.9 Å². The van der Waals surface area contributed by atoms with Crippen molar-refractivity contribution in [1.29, 1.82) is 0 Å². The predicted octanol–water partition coefficient (Wildman–Crippen LogP) is 2.32. The van der Waals surface area contributed by atoms with Crippen molar-refractivity contribution in [1.82, 2.24) is 10.2 Å². The van der Waals surface area contributed by atoms with Gasteiger partial charge in [-0.05, 0) is 37.8 Å². The molecule has 1 unspecified atom stereocenters. The molecule has 20 heavy (non-hydrogen) atoms. The minimum absolute atomic E-state index is 0.0886. The summed E-state index contributed by atoms with van der Waals surface area (Å²) < 4.78 is 0. The van der Waals surface area contributed by atoms with E-state index in [4.69, 9.17) is 0 Å². The minimum atomic E-state index is 0.0886. The molecular weight excluding hydrogens is 248 g/mol. The van der Waals surface area contributed by atoms with Crippen molar-refractivity contribution >= 4 is 5.91 Å². The summed E-state index contributed by atoms with van der Waals surface area (Å²) in [5.41, 5.74) is 1.42. The van der Waals surface area contributed by atoms with Gasteiger partial charge >= 0.3 is 0 Å². The Morgan fingerprint density at radius 3 is 2.55 bits per heavy atom. The zero-order valence-corrected chi connectivity index (χ0v) is 12.6. The molecule has 0 radical (unpaired) electrons. The number of carbonyl (C=O) groups is 1. The molecule has 1 heterocycles. The van der Waals surface area contributed by atoms with E-state index in [0.717, 1.165) is 44.8 Å². The molecule has 0 spiro atoms. The van der Waals surface area contributed by atoms with Crippen LogP contribution in [0.15, 0.2) is 30.3 Å². The smallest absolute Gasteiger partial charge is 0.226 e. The molecule has 0 bridgehead atoms. The Morgan fingerprint density at radius 2 is 1.95 bits per heavy atom. The van der Waals surface area contributed by atoms with Crippen molar-refractivity contribution in [3.63, 3.8) is 0 Å². The Bertz CT molecular complexity index is 410. The molecule has 0 aliphatic carbocycles. The van der Waals surface area contributed by atoms with Crippen LogP contribution >= 0.6 is 0 Å². The normalized spacial score (nSPS) is 18.0. The molecule has 3 heteroatoms. The summed E-state index contributed by atoms with van der Waals surface area (Å²) in [6.45, 7) is 4.62. The maximum Gasteiger partial charge on any atom is 0.226 e. The number of amides is 1.